The van der Waals surface area contributed by atoms with Crippen LogP contribution in [0.2, 0.25) is 0 Å². The number of aromatic nitrogens is 1. The molecule has 230 valence electrons. The Balaban J connectivity index is 2.13. The number of sulfone groups is 1. The normalized spacial score (nSPS) is 15.3. The maximum Gasteiger partial charge on any atom is 0.526 e. The van der Waals surface area contributed by atoms with E-state index in [1.807, 2.05) is 13.0 Å². The monoisotopic (exact) mass is 611 g/mol. The summed E-state index contributed by atoms with van der Waals surface area (Å²) < 4.78 is 43.3. The summed E-state index contributed by atoms with van der Waals surface area (Å²) >= 11 is 0. The van der Waals surface area contributed by atoms with Crippen LogP contribution in [0, 0.1) is 6.92 Å². The Hall–Kier alpha value is -3.80. The van der Waals surface area contributed by atoms with Crippen molar-refractivity contribution in [3.05, 3.63) is 48.2 Å². The second-order valence-electron chi connectivity index (χ2n) is 12.6. The molecule has 1 aliphatic heterocycles. The van der Waals surface area contributed by atoms with E-state index in [-0.39, 0.29) is 26.2 Å². The molecule has 43 heavy (non-hydrogen) atoms. The van der Waals surface area contributed by atoms with Crippen LogP contribution in [0.4, 0.5) is 26.8 Å². The zero-order chi connectivity index (χ0) is 32.1. The van der Waals surface area contributed by atoms with Gasteiger partial charge < -0.3 is 14.2 Å². The highest BCUT2D eigenvalue weighted by molar-refractivity contribution is 7.91. The standard InChI is InChI=1S/C32H39N3O7S/c1-11-43(38,39)21-14-12-13-20(16-21)22-17-24(34(9)29(36)41-31(3,4)5)27(40-10)26-25(22)23-15-19(2)18-33-28(23)35(26)30(37)42-32(6,7)8/h12-18H,11H2,1-10H3/p+2. The maximum atomic E-state index is 13.9. The number of pyridine rings is 1. The molecule has 2 aromatic carbocycles. The van der Waals surface area contributed by atoms with Gasteiger partial charge >= 0.3 is 12.2 Å². The van der Waals surface area contributed by atoms with Gasteiger partial charge in [0.05, 0.1) is 35.9 Å². The van der Waals surface area contributed by atoms with Gasteiger partial charge in [-0.25, -0.2) is 18.3 Å². The molecule has 2 heterocycles. The largest absolute Gasteiger partial charge is 0.526 e. The number of benzene rings is 2. The van der Waals surface area contributed by atoms with Gasteiger partial charge in [-0.3, -0.25) is 0 Å². The number of fused-ring (bicyclic) bond motifs is 3. The molecule has 0 saturated heterocycles. The van der Waals surface area contributed by atoms with E-state index >= 15 is 0 Å². The second-order valence-corrected chi connectivity index (χ2v) is 14.9. The van der Waals surface area contributed by atoms with Crippen LogP contribution in [0.1, 0.15) is 54.0 Å². The van der Waals surface area contributed by atoms with E-state index in [2.05, 4.69) is 4.98 Å². The summed E-state index contributed by atoms with van der Waals surface area (Å²) in [7, 11) is -0.410. The molecule has 2 amide bonds. The molecule has 2 atom stereocenters. The van der Waals surface area contributed by atoms with Crippen molar-refractivity contribution < 1.29 is 42.0 Å². The molecule has 0 bridgehead atoms. The lowest BCUT2D eigenvalue weighted by Crippen LogP contribution is -3.08. The van der Waals surface area contributed by atoms with Crippen molar-refractivity contribution in [2.75, 3.05) is 19.9 Å². The molecule has 0 fully saturated rings. The predicted molar refractivity (Wildman–Crippen MR) is 163 cm³/mol. The second kappa shape index (κ2) is 11.4. The Labute approximate surface area is 253 Å². The van der Waals surface area contributed by atoms with Crippen molar-refractivity contribution >= 4 is 39.2 Å². The van der Waals surface area contributed by atoms with Gasteiger partial charge in [0.15, 0.2) is 15.5 Å². The number of amides is 2. The number of ether oxygens (including phenoxy) is 3. The van der Waals surface area contributed by atoms with Crippen LogP contribution in [0.5, 0.6) is 5.75 Å². The molecule has 3 aromatic rings. The molecule has 1 aromatic heterocycles. The molecule has 1 aliphatic rings. The number of nitrogens with one attached hydrogen (secondary N) is 2. The smallest absolute Gasteiger partial charge is 0.487 e. The fourth-order valence-corrected chi connectivity index (χ4v) is 5.92. The molecule has 0 radical (unpaired) electrons. The van der Waals surface area contributed by atoms with E-state index in [4.69, 9.17) is 14.2 Å². The fourth-order valence-electron chi connectivity index (χ4n) is 5.00. The zero-order valence-corrected chi connectivity index (χ0v) is 27.3. The lowest BCUT2D eigenvalue weighted by Gasteiger charge is -2.24. The number of aryl methyl sites for hydroxylation is 1. The van der Waals surface area contributed by atoms with Gasteiger partial charge in [-0.15, -0.1) is 4.90 Å². The van der Waals surface area contributed by atoms with Crippen LogP contribution in [0.25, 0.3) is 22.3 Å². The van der Waals surface area contributed by atoms with Crippen molar-refractivity contribution in [2.24, 2.45) is 0 Å². The van der Waals surface area contributed by atoms with Crippen LogP contribution in [-0.2, 0) is 19.3 Å². The quantitative estimate of drug-likeness (QED) is 0.426. The third-order valence-corrected chi connectivity index (χ3v) is 8.59. The minimum Gasteiger partial charge on any atom is -0.487 e. The number of nitrogens with zero attached hydrogens (tertiary/aromatic N) is 1. The Bertz CT molecular complexity index is 1700. The number of hydrogen-bond acceptors (Lipinski definition) is 8. The van der Waals surface area contributed by atoms with E-state index in [1.165, 1.54) is 7.11 Å². The summed E-state index contributed by atoms with van der Waals surface area (Å²) in [5, 5.41) is 0. The predicted octanol–water partition coefficient (Wildman–Crippen LogP) is 4.70. The highest BCUT2D eigenvalue weighted by atomic mass is 32.2. The van der Waals surface area contributed by atoms with Crippen molar-refractivity contribution in [2.45, 2.75) is 71.5 Å². The third-order valence-electron chi connectivity index (χ3n) is 6.86. The number of hydrogen-bond donors (Lipinski definition) is 2. The van der Waals surface area contributed by atoms with Crippen molar-refractivity contribution in [3.63, 3.8) is 0 Å². The third kappa shape index (κ3) is 6.43. The van der Waals surface area contributed by atoms with Crippen molar-refractivity contribution in [3.8, 4) is 28.0 Å². The Morgan fingerprint density at radius 2 is 1.63 bits per heavy atom. The summed E-state index contributed by atoms with van der Waals surface area (Å²) in [5.74, 6) is 0.644. The van der Waals surface area contributed by atoms with E-state index in [1.54, 1.807) is 92.0 Å². The van der Waals surface area contributed by atoms with Crippen molar-refractivity contribution in [1.29, 1.82) is 0 Å². The number of alkyl carbamates (subject to hydrolysis) is 1. The van der Waals surface area contributed by atoms with Gasteiger partial charge in [-0.1, -0.05) is 19.1 Å². The highest BCUT2D eigenvalue weighted by Gasteiger charge is 2.48. The molecular weight excluding hydrogens is 570 g/mol. The van der Waals surface area contributed by atoms with Crippen LogP contribution in [-0.4, -0.2) is 56.7 Å². The number of carbonyl (C=O) groups is 2. The molecule has 2 unspecified atom stereocenters. The topological polar surface area (TPSA) is 118 Å². The minimum absolute atomic E-state index is 0.0591. The van der Waals surface area contributed by atoms with Gasteiger partial charge in [-0.05, 0) is 77.8 Å². The molecule has 0 saturated carbocycles. The van der Waals surface area contributed by atoms with Crippen LogP contribution < -0.4 is 14.5 Å². The van der Waals surface area contributed by atoms with Gasteiger partial charge in [0.2, 0.25) is 17.3 Å². The minimum atomic E-state index is -3.52. The number of methoxy groups -OCH3 is 1. The van der Waals surface area contributed by atoms with E-state index in [0.717, 1.165) is 5.56 Å². The number of rotatable bonds is 5. The molecule has 11 heteroatoms. The van der Waals surface area contributed by atoms with Crippen LogP contribution in [0.3, 0.4) is 0 Å². The summed E-state index contributed by atoms with van der Waals surface area (Å²) in [6.07, 6.45) is 0.527. The first kappa shape index (κ1) is 32.1. The zero-order valence-electron chi connectivity index (χ0n) is 26.5. The van der Waals surface area contributed by atoms with Crippen molar-refractivity contribution in [1.82, 2.24) is 4.98 Å². The van der Waals surface area contributed by atoms with Gasteiger partial charge in [0, 0.05) is 17.8 Å². The first-order valence-corrected chi connectivity index (χ1v) is 15.8. The van der Waals surface area contributed by atoms with Crippen LogP contribution in [0.15, 0.2) is 47.5 Å². The summed E-state index contributed by atoms with van der Waals surface area (Å²) in [6, 6.07) is 10.4. The van der Waals surface area contributed by atoms with Crippen LogP contribution >= 0.6 is 0 Å². The summed E-state index contributed by atoms with van der Waals surface area (Å²) in [4.78, 5) is 32.5. The lowest BCUT2D eigenvalue weighted by atomic mass is 9.93. The average molecular weight is 612 g/mol. The van der Waals surface area contributed by atoms with Gasteiger partial charge in [-0.2, -0.15) is 9.59 Å². The molecule has 10 nitrogen and oxygen atoms in total. The first-order valence-electron chi connectivity index (χ1n) is 14.1. The SMILES string of the molecule is CCS(=O)(=O)c1cccc(-c2cc([NH+](C)C(=O)OC(C)(C)C)c(OC)c3c2-c2cc(C)cnc2[NH+]3C(=O)OC(C)(C)C)c1. The number of quaternary nitrogens is 2. The van der Waals surface area contributed by atoms with E-state index in [0.29, 0.717) is 39.4 Å². The van der Waals surface area contributed by atoms with E-state index < -0.39 is 33.2 Å². The average Bonchev–Trinajstić information content (AvgIpc) is 3.24. The first-order chi connectivity index (χ1) is 19.9. The van der Waals surface area contributed by atoms with Gasteiger partial charge in [0.1, 0.15) is 11.2 Å². The number of carbonyl (C=O) groups excluding carboxylic acids is 2. The molecule has 0 aliphatic carbocycles. The molecule has 0 spiro atoms. The highest BCUT2D eigenvalue weighted by Crippen LogP contribution is 2.50. The Kier molecular flexibility index (Phi) is 8.49. The molecule has 2 N–H and O–H groups in total. The molecular formula is C32H41N3O7S+2. The molecule has 4 rings (SSSR count). The summed E-state index contributed by atoms with van der Waals surface area (Å²) in [5.41, 5.74) is 2.64. The lowest BCUT2D eigenvalue weighted by molar-refractivity contribution is -0.730. The maximum absolute atomic E-state index is 13.9. The van der Waals surface area contributed by atoms with E-state index in [9.17, 15) is 18.0 Å². The summed E-state index contributed by atoms with van der Waals surface area (Å²) in [6.45, 7) is 14.2. The van der Waals surface area contributed by atoms with Gasteiger partial charge in [0.25, 0.3) is 0 Å². The Morgan fingerprint density at radius 1 is 0.977 bits per heavy atom. The Morgan fingerprint density at radius 3 is 2.21 bits per heavy atom. The fraction of sp³-hybridized carbons (Fsp3) is 0.406.